The van der Waals surface area contributed by atoms with Crippen LogP contribution in [0.2, 0.25) is 0 Å². The van der Waals surface area contributed by atoms with Gasteiger partial charge in [-0.1, -0.05) is 0 Å². The number of nitrogens with two attached hydrogens (primary N) is 1. The maximum Gasteiger partial charge on any atom is 0.225 e. The van der Waals surface area contributed by atoms with E-state index in [2.05, 4.69) is 10.3 Å². The van der Waals surface area contributed by atoms with Crippen molar-refractivity contribution in [3.8, 4) is 0 Å². The number of amides is 1. The molecule has 5 heteroatoms. The van der Waals surface area contributed by atoms with Crippen LogP contribution >= 0.6 is 0 Å². The van der Waals surface area contributed by atoms with Gasteiger partial charge in [-0.15, -0.1) is 0 Å². The number of aromatic nitrogens is 1. The predicted octanol–water partition coefficient (Wildman–Crippen LogP) is 0.823. The molecule has 1 heterocycles. The van der Waals surface area contributed by atoms with Gasteiger partial charge in [0.15, 0.2) is 0 Å². The molecule has 3 N–H and O–H groups in total. The SMILES string of the molecule is CC(N)CC(=O)Nc1ccc(N(C)C)nc1. The molecule has 16 heavy (non-hydrogen) atoms. The highest BCUT2D eigenvalue weighted by Crippen LogP contribution is 2.11. The zero-order chi connectivity index (χ0) is 12.1. The monoisotopic (exact) mass is 222 g/mol. The lowest BCUT2D eigenvalue weighted by atomic mass is 10.2. The largest absolute Gasteiger partial charge is 0.363 e. The second kappa shape index (κ2) is 5.46. The number of rotatable bonds is 4. The van der Waals surface area contributed by atoms with Crippen LogP contribution in [0.3, 0.4) is 0 Å². The third-order valence-corrected chi connectivity index (χ3v) is 2.00. The Morgan fingerprint density at radius 3 is 2.69 bits per heavy atom. The Bertz CT molecular complexity index is 346. The summed E-state index contributed by atoms with van der Waals surface area (Å²) < 4.78 is 0. The second-order valence-electron chi connectivity index (χ2n) is 4.03. The Balaban J connectivity index is 2.58. The topological polar surface area (TPSA) is 71.2 Å². The molecular weight excluding hydrogens is 204 g/mol. The molecule has 0 spiro atoms. The van der Waals surface area contributed by atoms with Gasteiger partial charge < -0.3 is 16.0 Å². The highest BCUT2D eigenvalue weighted by atomic mass is 16.1. The van der Waals surface area contributed by atoms with Crippen molar-refractivity contribution in [3.63, 3.8) is 0 Å². The lowest BCUT2D eigenvalue weighted by Crippen LogP contribution is -2.24. The van der Waals surface area contributed by atoms with E-state index in [1.54, 1.807) is 13.1 Å². The Hall–Kier alpha value is -1.62. The summed E-state index contributed by atoms with van der Waals surface area (Å²) in [6, 6.07) is 3.54. The summed E-state index contributed by atoms with van der Waals surface area (Å²) in [6.07, 6.45) is 1.95. The minimum atomic E-state index is -0.131. The van der Waals surface area contributed by atoms with Crippen molar-refractivity contribution in [3.05, 3.63) is 18.3 Å². The quantitative estimate of drug-likeness (QED) is 0.791. The molecule has 1 aromatic heterocycles. The van der Waals surface area contributed by atoms with Gasteiger partial charge in [-0.25, -0.2) is 4.98 Å². The number of carbonyl (C=O) groups is 1. The van der Waals surface area contributed by atoms with Crippen LogP contribution in [0, 0.1) is 0 Å². The Kier molecular flexibility index (Phi) is 4.25. The van der Waals surface area contributed by atoms with E-state index in [9.17, 15) is 4.79 Å². The molecule has 0 aliphatic rings. The Labute approximate surface area is 95.7 Å². The summed E-state index contributed by atoms with van der Waals surface area (Å²) in [5.74, 6) is 0.764. The third kappa shape index (κ3) is 3.86. The first-order chi connectivity index (χ1) is 7.49. The average Bonchev–Trinajstić information content (AvgIpc) is 2.16. The zero-order valence-corrected chi connectivity index (χ0v) is 9.90. The van der Waals surface area contributed by atoms with Crippen LogP contribution in [0.5, 0.6) is 0 Å². The molecule has 1 unspecified atom stereocenters. The zero-order valence-electron chi connectivity index (χ0n) is 9.90. The van der Waals surface area contributed by atoms with E-state index in [1.807, 2.05) is 31.1 Å². The molecule has 0 saturated heterocycles. The molecule has 1 atom stereocenters. The average molecular weight is 222 g/mol. The van der Waals surface area contributed by atoms with Gasteiger partial charge in [0, 0.05) is 26.6 Å². The molecule has 0 radical (unpaired) electrons. The minimum Gasteiger partial charge on any atom is -0.363 e. The van der Waals surface area contributed by atoms with Gasteiger partial charge in [0.25, 0.3) is 0 Å². The summed E-state index contributed by atoms with van der Waals surface area (Å²) in [5, 5.41) is 2.74. The highest BCUT2D eigenvalue weighted by Gasteiger charge is 2.05. The van der Waals surface area contributed by atoms with Gasteiger partial charge in [-0.05, 0) is 19.1 Å². The molecule has 0 fully saturated rings. The van der Waals surface area contributed by atoms with E-state index >= 15 is 0 Å². The number of nitrogens with one attached hydrogen (secondary N) is 1. The number of carbonyl (C=O) groups excluding carboxylic acids is 1. The molecule has 0 aliphatic heterocycles. The van der Waals surface area contributed by atoms with Crippen LogP contribution < -0.4 is 16.0 Å². The fourth-order valence-corrected chi connectivity index (χ4v) is 1.23. The molecule has 1 rings (SSSR count). The summed E-state index contributed by atoms with van der Waals surface area (Å²) in [5.41, 5.74) is 6.22. The normalized spacial score (nSPS) is 12.0. The second-order valence-corrected chi connectivity index (χ2v) is 4.03. The molecule has 1 amide bonds. The van der Waals surface area contributed by atoms with E-state index in [0.717, 1.165) is 5.82 Å². The van der Waals surface area contributed by atoms with E-state index in [4.69, 9.17) is 5.73 Å². The molecule has 0 aliphatic carbocycles. The number of hydrogen-bond donors (Lipinski definition) is 2. The van der Waals surface area contributed by atoms with E-state index in [1.165, 1.54) is 0 Å². The lowest BCUT2D eigenvalue weighted by Gasteiger charge is -2.12. The van der Waals surface area contributed by atoms with E-state index in [-0.39, 0.29) is 11.9 Å². The van der Waals surface area contributed by atoms with Crippen molar-refractivity contribution < 1.29 is 4.79 Å². The van der Waals surface area contributed by atoms with Crippen LogP contribution in [-0.4, -0.2) is 31.0 Å². The van der Waals surface area contributed by atoms with Gasteiger partial charge in [-0.3, -0.25) is 4.79 Å². The molecule has 88 valence electrons. The van der Waals surface area contributed by atoms with Crippen molar-refractivity contribution in [2.24, 2.45) is 5.73 Å². The first kappa shape index (κ1) is 12.4. The molecule has 5 nitrogen and oxygen atoms in total. The van der Waals surface area contributed by atoms with Crippen molar-refractivity contribution >= 4 is 17.4 Å². The van der Waals surface area contributed by atoms with Crippen molar-refractivity contribution in [2.75, 3.05) is 24.3 Å². The van der Waals surface area contributed by atoms with E-state index in [0.29, 0.717) is 12.1 Å². The summed E-state index contributed by atoms with van der Waals surface area (Å²) in [4.78, 5) is 17.5. The molecular formula is C11H18N4O. The van der Waals surface area contributed by atoms with Crippen molar-refractivity contribution in [1.82, 2.24) is 4.98 Å². The number of anilines is 2. The fraction of sp³-hybridized carbons (Fsp3) is 0.455. The first-order valence-electron chi connectivity index (χ1n) is 5.18. The van der Waals surface area contributed by atoms with Gasteiger partial charge in [0.1, 0.15) is 5.82 Å². The van der Waals surface area contributed by atoms with Gasteiger partial charge in [-0.2, -0.15) is 0 Å². The maximum absolute atomic E-state index is 11.4. The standard InChI is InChI=1S/C11H18N4O/c1-8(12)6-11(16)14-9-4-5-10(13-7-9)15(2)3/h4-5,7-8H,6,12H2,1-3H3,(H,14,16). The van der Waals surface area contributed by atoms with E-state index < -0.39 is 0 Å². The highest BCUT2D eigenvalue weighted by molar-refractivity contribution is 5.90. The summed E-state index contributed by atoms with van der Waals surface area (Å²) >= 11 is 0. The lowest BCUT2D eigenvalue weighted by molar-refractivity contribution is -0.116. The van der Waals surface area contributed by atoms with Crippen LogP contribution in [-0.2, 0) is 4.79 Å². The first-order valence-corrected chi connectivity index (χ1v) is 5.18. The van der Waals surface area contributed by atoms with Gasteiger partial charge >= 0.3 is 0 Å². The van der Waals surface area contributed by atoms with Crippen molar-refractivity contribution in [2.45, 2.75) is 19.4 Å². The smallest absolute Gasteiger partial charge is 0.225 e. The molecule has 1 aromatic rings. The minimum absolute atomic E-state index is 0.0885. The number of nitrogens with zero attached hydrogens (tertiary/aromatic N) is 2. The fourth-order valence-electron chi connectivity index (χ4n) is 1.23. The Morgan fingerprint density at radius 2 is 2.25 bits per heavy atom. The summed E-state index contributed by atoms with van der Waals surface area (Å²) in [7, 11) is 3.83. The van der Waals surface area contributed by atoms with Crippen LogP contribution in [0.4, 0.5) is 11.5 Å². The molecule has 0 aromatic carbocycles. The maximum atomic E-state index is 11.4. The summed E-state index contributed by atoms with van der Waals surface area (Å²) in [6.45, 7) is 1.80. The predicted molar refractivity (Wildman–Crippen MR) is 65.5 cm³/mol. The molecule has 0 saturated carbocycles. The molecule has 0 bridgehead atoms. The van der Waals surface area contributed by atoms with Crippen molar-refractivity contribution in [1.29, 1.82) is 0 Å². The van der Waals surface area contributed by atoms with Crippen LogP contribution in [0.15, 0.2) is 18.3 Å². The van der Waals surface area contributed by atoms with Gasteiger partial charge in [0.2, 0.25) is 5.91 Å². The van der Waals surface area contributed by atoms with Crippen LogP contribution in [0.1, 0.15) is 13.3 Å². The third-order valence-electron chi connectivity index (χ3n) is 2.00. The number of hydrogen-bond acceptors (Lipinski definition) is 4. The number of pyridine rings is 1. The van der Waals surface area contributed by atoms with Crippen LogP contribution in [0.25, 0.3) is 0 Å². The Morgan fingerprint density at radius 1 is 1.56 bits per heavy atom. The van der Waals surface area contributed by atoms with Gasteiger partial charge in [0.05, 0.1) is 11.9 Å².